The molecule has 1 amide bonds. The number of ether oxygens (including phenoxy) is 1. The van der Waals surface area contributed by atoms with E-state index in [1.807, 2.05) is 13.0 Å². The quantitative estimate of drug-likeness (QED) is 0.833. The van der Waals surface area contributed by atoms with Gasteiger partial charge in [-0.25, -0.2) is 5.43 Å². The molecule has 6 heteroatoms. The molecule has 0 bridgehead atoms. The second-order valence-electron chi connectivity index (χ2n) is 6.27. The van der Waals surface area contributed by atoms with Crippen LogP contribution in [0.15, 0.2) is 10.7 Å². The lowest BCUT2D eigenvalue weighted by Crippen LogP contribution is -2.15. The summed E-state index contributed by atoms with van der Waals surface area (Å²) >= 11 is 0. The lowest BCUT2D eigenvalue weighted by atomic mass is 9.94. The van der Waals surface area contributed by atoms with Gasteiger partial charge < -0.3 is 14.6 Å². The van der Waals surface area contributed by atoms with Crippen LogP contribution >= 0.6 is 0 Å². The van der Waals surface area contributed by atoms with Crippen molar-refractivity contribution in [2.45, 2.75) is 39.2 Å². The van der Waals surface area contributed by atoms with Crippen LogP contribution in [0.3, 0.4) is 0 Å². The summed E-state index contributed by atoms with van der Waals surface area (Å²) in [7, 11) is 4.13. The third kappa shape index (κ3) is 3.17. The predicted molar refractivity (Wildman–Crippen MR) is 90.0 cm³/mol. The second kappa shape index (κ2) is 6.58. The molecule has 0 saturated heterocycles. The van der Waals surface area contributed by atoms with Crippen LogP contribution in [0.4, 0.5) is 0 Å². The standard InChI is InChI=1S/C17H24N4O2/c1-4-23-17-12(16(22)19-20-17)9-15-13(10-21(2)3)11-7-5-6-8-14(11)18-15/h9,18H,4-8,10H2,1-3H3,(H,19,22)/b12-9-. The first-order valence-corrected chi connectivity index (χ1v) is 8.20. The molecule has 1 aromatic rings. The molecule has 0 aromatic carbocycles. The number of H-pyrrole nitrogens is 1. The van der Waals surface area contributed by atoms with Gasteiger partial charge in [-0.1, -0.05) is 0 Å². The van der Waals surface area contributed by atoms with Gasteiger partial charge in [0, 0.05) is 17.9 Å². The van der Waals surface area contributed by atoms with Crippen molar-refractivity contribution in [3.63, 3.8) is 0 Å². The van der Waals surface area contributed by atoms with E-state index in [0.717, 1.165) is 25.1 Å². The average molecular weight is 316 g/mol. The van der Waals surface area contributed by atoms with Crippen molar-refractivity contribution in [3.8, 4) is 0 Å². The third-order valence-corrected chi connectivity index (χ3v) is 4.22. The Hall–Kier alpha value is -2.08. The second-order valence-corrected chi connectivity index (χ2v) is 6.27. The number of hydrogen-bond donors (Lipinski definition) is 2. The predicted octanol–water partition coefficient (Wildman–Crippen LogP) is 1.82. The minimum atomic E-state index is -0.211. The van der Waals surface area contributed by atoms with Crippen molar-refractivity contribution in [1.29, 1.82) is 0 Å². The van der Waals surface area contributed by atoms with Gasteiger partial charge in [0.15, 0.2) is 0 Å². The average Bonchev–Trinajstić information content (AvgIpc) is 3.03. The third-order valence-electron chi connectivity index (χ3n) is 4.22. The Morgan fingerprint density at radius 3 is 2.83 bits per heavy atom. The molecule has 3 rings (SSSR count). The van der Waals surface area contributed by atoms with E-state index in [4.69, 9.17) is 4.74 Å². The molecule has 2 heterocycles. The molecule has 6 nitrogen and oxygen atoms in total. The first-order valence-electron chi connectivity index (χ1n) is 8.20. The zero-order chi connectivity index (χ0) is 16.4. The van der Waals surface area contributed by atoms with E-state index in [1.54, 1.807) is 0 Å². The Morgan fingerprint density at radius 1 is 1.30 bits per heavy atom. The highest BCUT2D eigenvalue weighted by Crippen LogP contribution is 2.29. The van der Waals surface area contributed by atoms with Crippen LogP contribution in [0, 0.1) is 0 Å². The molecule has 1 aliphatic heterocycles. The summed E-state index contributed by atoms with van der Waals surface area (Å²) in [4.78, 5) is 17.7. The lowest BCUT2D eigenvalue weighted by molar-refractivity contribution is -0.116. The smallest absolute Gasteiger partial charge is 0.277 e. The van der Waals surface area contributed by atoms with E-state index in [-0.39, 0.29) is 5.91 Å². The fraction of sp³-hybridized carbons (Fsp3) is 0.529. The number of aromatic nitrogens is 1. The molecule has 1 aliphatic carbocycles. The minimum Gasteiger partial charge on any atom is -0.476 e. The summed E-state index contributed by atoms with van der Waals surface area (Å²) in [5, 5.41) is 3.96. The molecule has 0 saturated carbocycles. The van der Waals surface area contributed by atoms with E-state index in [1.165, 1.54) is 29.7 Å². The van der Waals surface area contributed by atoms with Crippen LogP contribution in [0.1, 0.15) is 42.3 Å². The highest BCUT2D eigenvalue weighted by molar-refractivity contribution is 6.24. The summed E-state index contributed by atoms with van der Waals surface area (Å²) in [6.07, 6.45) is 6.52. The molecule has 1 aromatic heterocycles. The molecule has 2 N–H and O–H groups in total. The molecule has 2 aliphatic rings. The molecule has 124 valence electrons. The van der Waals surface area contributed by atoms with E-state index >= 15 is 0 Å². The van der Waals surface area contributed by atoms with Crippen molar-refractivity contribution in [2.24, 2.45) is 5.10 Å². The Balaban J connectivity index is 2.01. The molecular formula is C17H24N4O2. The van der Waals surface area contributed by atoms with Crippen LogP contribution in [-0.2, 0) is 28.9 Å². The summed E-state index contributed by atoms with van der Waals surface area (Å²) in [6.45, 7) is 3.22. The SMILES string of the molecule is CCOC1=NNC(=O)/C1=C/c1[nH]c2c(c1CN(C)C)CCCC2. The van der Waals surface area contributed by atoms with Gasteiger partial charge >= 0.3 is 0 Å². The highest BCUT2D eigenvalue weighted by atomic mass is 16.5. The molecule has 23 heavy (non-hydrogen) atoms. The van der Waals surface area contributed by atoms with E-state index in [0.29, 0.717) is 18.1 Å². The first-order chi connectivity index (χ1) is 11.1. The van der Waals surface area contributed by atoms with Crippen molar-refractivity contribution in [1.82, 2.24) is 15.3 Å². The Bertz CT molecular complexity index is 670. The summed E-state index contributed by atoms with van der Waals surface area (Å²) in [5.41, 5.74) is 7.99. The van der Waals surface area contributed by atoms with E-state index in [9.17, 15) is 4.79 Å². The number of carbonyl (C=O) groups is 1. The molecule has 0 fully saturated rings. The van der Waals surface area contributed by atoms with Gasteiger partial charge in [-0.15, -0.1) is 5.10 Å². The van der Waals surface area contributed by atoms with Gasteiger partial charge in [0.2, 0.25) is 5.90 Å². The number of hydrogen-bond acceptors (Lipinski definition) is 4. The summed E-state index contributed by atoms with van der Waals surface area (Å²) < 4.78 is 5.46. The number of amides is 1. The van der Waals surface area contributed by atoms with E-state index < -0.39 is 0 Å². The fourth-order valence-corrected chi connectivity index (χ4v) is 3.23. The van der Waals surface area contributed by atoms with Gasteiger partial charge in [-0.05, 0) is 63.9 Å². The Morgan fingerprint density at radius 2 is 2.09 bits per heavy atom. The number of fused-ring (bicyclic) bond motifs is 1. The lowest BCUT2D eigenvalue weighted by Gasteiger charge is -2.15. The number of rotatable bonds is 4. The van der Waals surface area contributed by atoms with Crippen molar-refractivity contribution in [3.05, 3.63) is 28.1 Å². The monoisotopic (exact) mass is 316 g/mol. The maximum Gasteiger partial charge on any atom is 0.277 e. The minimum absolute atomic E-state index is 0.211. The van der Waals surface area contributed by atoms with Crippen molar-refractivity contribution in [2.75, 3.05) is 20.7 Å². The van der Waals surface area contributed by atoms with Crippen LogP contribution in [0.25, 0.3) is 6.08 Å². The van der Waals surface area contributed by atoms with Gasteiger partial charge in [0.1, 0.15) is 5.57 Å². The number of carbonyl (C=O) groups excluding carboxylic acids is 1. The number of aryl methyl sites for hydroxylation is 1. The molecule has 0 atom stereocenters. The number of aromatic amines is 1. The Kier molecular flexibility index (Phi) is 4.52. The first kappa shape index (κ1) is 15.8. The maximum atomic E-state index is 12.0. The maximum absolute atomic E-state index is 12.0. The number of nitrogens with one attached hydrogen (secondary N) is 2. The molecule has 0 spiro atoms. The zero-order valence-electron chi connectivity index (χ0n) is 14.0. The van der Waals surface area contributed by atoms with Crippen LogP contribution < -0.4 is 5.43 Å². The summed E-state index contributed by atoms with van der Waals surface area (Å²) in [6, 6.07) is 0. The normalized spacial score (nSPS) is 19.0. The van der Waals surface area contributed by atoms with Gasteiger partial charge in [0.25, 0.3) is 5.91 Å². The molecule has 0 unspecified atom stereocenters. The molecular weight excluding hydrogens is 292 g/mol. The van der Waals surface area contributed by atoms with Gasteiger partial charge in [-0.3, -0.25) is 4.79 Å². The number of nitrogens with zero attached hydrogens (tertiary/aromatic N) is 2. The Labute approximate surface area is 136 Å². The van der Waals surface area contributed by atoms with Crippen LogP contribution in [0.5, 0.6) is 0 Å². The summed E-state index contributed by atoms with van der Waals surface area (Å²) in [5.74, 6) is 0.165. The zero-order valence-corrected chi connectivity index (χ0v) is 14.0. The van der Waals surface area contributed by atoms with Crippen LogP contribution in [0.2, 0.25) is 0 Å². The van der Waals surface area contributed by atoms with Crippen molar-refractivity contribution >= 4 is 17.9 Å². The topological polar surface area (TPSA) is 69.7 Å². The fourth-order valence-electron chi connectivity index (χ4n) is 3.23. The highest BCUT2D eigenvalue weighted by Gasteiger charge is 2.26. The van der Waals surface area contributed by atoms with Crippen LogP contribution in [-0.4, -0.2) is 42.4 Å². The molecule has 0 radical (unpaired) electrons. The van der Waals surface area contributed by atoms with Gasteiger partial charge in [0.05, 0.1) is 6.61 Å². The number of hydrazone groups is 1. The van der Waals surface area contributed by atoms with Crippen molar-refractivity contribution < 1.29 is 9.53 Å². The van der Waals surface area contributed by atoms with E-state index in [2.05, 4.69) is 34.5 Å². The largest absolute Gasteiger partial charge is 0.476 e. The van der Waals surface area contributed by atoms with Gasteiger partial charge in [-0.2, -0.15) is 0 Å².